The van der Waals surface area contributed by atoms with E-state index in [-0.39, 0.29) is 30.0 Å². The van der Waals surface area contributed by atoms with Crippen LogP contribution in [0.15, 0.2) is 34.2 Å². The molecule has 3 aromatic rings. The second-order valence-electron chi connectivity index (χ2n) is 10.1. The Labute approximate surface area is 219 Å². The molecule has 0 spiro atoms. The van der Waals surface area contributed by atoms with Crippen molar-refractivity contribution >= 4 is 40.8 Å². The molecule has 0 aliphatic carbocycles. The molecule has 1 aromatic carbocycles. The summed E-state index contributed by atoms with van der Waals surface area (Å²) in [7, 11) is 0. The lowest BCUT2D eigenvalue weighted by Crippen LogP contribution is -2.43. The van der Waals surface area contributed by atoms with Crippen molar-refractivity contribution in [2.45, 2.75) is 51.7 Å². The van der Waals surface area contributed by atoms with E-state index in [1.54, 1.807) is 10.8 Å². The van der Waals surface area contributed by atoms with E-state index in [1.165, 1.54) is 0 Å². The van der Waals surface area contributed by atoms with Gasteiger partial charge in [-0.05, 0) is 55.5 Å². The van der Waals surface area contributed by atoms with Gasteiger partial charge >= 0.3 is 5.69 Å². The molecule has 0 saturated carbocycles. The molecule has 1 atom stereocenters. The van der Waals surface area contributed by atoms with Crippen LogP contribution in [0.3, 0.4) is 0 Å². The average molecular weight is 521 g/mol. The standard InChI is InChI=1S/C27H29ClN6O3/c1-2-32-15-21-16(11-22(28)20-14-29-13-19(20)21)10-17(26(32)36)12-24(35)33-8-5-18(6-9-33)34-23-4-3-7-30-25(23)31-27(34)37/h3-4,7,11,13,17-18H,2,5-6,8-10,12,14-15H2,1H3,(H,30,31,37)/t17-/m0/s1. The molecule has 1 saturated heterocycles. The van der Waals surface area contributed by atoms with E-state index < -0.39 is 5.92 Å². The smallest absolute Gasteiger partial charge is 0.327 e. The summed E-state index contributed by atoms with van der Waals surface area (Å²) in [5.41, 5.74) is 5.38. The van der Waals surface area contributed by atoms with Crippen molar-refractivity contribution in [2.75, 3.05) is 19.6 Å². The zero-order chi connectivity index (χ0) is 25.7. The van der Waals surface area contributed by atoms with Gasteiger partial charge in [0.25, 0.3) is 0 Å². The van der Waals surface area contributed by atoms with Crippen LogP contribution in [0.4, 0.5) is 0 Å². The lowest BCUT2D eigenvalue weighted by atomic mass is 9.90. The lowest BCUT2D eigenvalue weighted by molar-refractivity contribution is -0.141. The Hall–Kier alpha value is -3.46. The predicted octanol–water partition coefficient (Wildman–Crippen LogP) is 3.09. The first kappa shape index (κ1) is 23.9. The van der Waals surface area contributed by atoms with Gasteiger partial charge in [0.1, 0.15) is 0 Å². The van der Waals surface area contributed by atoms with Gasteiger partial charge in [0.05, 0.1) is 18.0 Å². The summed E-state index contributed by atoms with van der Waals surface area (Å²) in [4.78, 5) is 54.5. The summed E-state index contributed by atoms with van der Waals surface area (Å²) in [6.45, 7) is 4.73. The molecule has 2 aromatic heterocycles. The molecule has 1 fully saturated rings. The maximum absolute atomic E-state index is 13.5. The van der Waals surface area contributed by atoms with Gasteiger partial charge in [-0.25, -0.2) is 9.78 Å². The molecule has 3 aliphatic heterocycles. The Bertz CT molecular complexity index is 1480. The summed E-state index contributed by atoms with van der Waals surface area (Å²) >= 11 is 6.56. The van der Waals surface area contributed by atoms with Crippen molar-refractivity contribution in [1.29, 1.82) is 0 Å². The molecule has 1 N–H and O–H groups in total. The van der Waals surface area contributed by atoms with Crippen LogP contribution < -0.4 is 5.69 Å². The van der Waals surface area contributed by atoms with Crippen LogP contribution in [-0.2, 0) is 29.1 Å². The van der Waals surface area contributed by atoms with Gasteiger partial charge in [-0.15, -0.1) is 0 Å². The molecule has 2 amide bonds. The summed E-state index contributed by atoms with van der Waals surface area (Å²) in [6, 6.07) is 5.68. The van der Waals surface area contributed by atoms with Crippen LogP contribution >= 0.6 is 11.6 Å². The molecular weight excluding hydrogens is 492 g/mol. The van der Waals surface area contributed by atoms with Crippen LogP contribution in [0.2, 0.25) is 5.02 Å². The largest absolute Gasteiger partial charge is 0.343 e. The lowest BCUT2D eigenvalue weighted by Gasteiger charge is -2.33. The molecular formula is C27H29ClN6O3. The number of H-pyrrole nitrogens is 1. The number of hydrogen-bond donors (Lipinski definition) is 1. The van der Waals surface area contributed by atoms with Crippen LogP contribution in [0.1, 0.15) is 54.5 Å². The van der Waals surface area contributed by atoms with Gasteiger partial charge in [-0.1, -0.05) is 11.6 Å². The normalized spacial score (nSPS) is 19.8. The SMILES string of the molecule is CCN1Cc2c(cc(Cl)c3c2C=NC3)C[C@@H](CC(=O)N2CCC(n3c(=O)[nH]c4ncccc43)CC2)C1=O. The fraction of sp³-hybridized carbons (Fsp3) is 0.444. The predicted molar refractivity (Wildman–Crippen MR) is 141 cm³/mol. The van der Waals surface area contributed by atoms with Gasteiger partial charge in [0.15, 0.2) is 5.65 Å². The van der Waals surface area contributed by atoms with Crippen LogP contribution in [0.5, 0.6) is 0 Å². The second kappa shape index (κ2) is 9.45. The number of aliphatic imine (C=N–C) groups is 1. The summed E-state index contributed by atoms with van der Waals surface area (Å²) < 4.78 is 1.76. The van der Waals surface area contributed by atoms with Gasteiger partial charge in [-0.2, -0.15) is 0 Å². The number of benzene rings is 1. The number of hydrogen-bond acceptors (Lipinski definition) is 5. The fourth-order valence-corrected chi connectivity index (χ4v) is 6.36. The van der Waals surface area contributed by atoms with Gasteiger partial charge in [-0.3, -0.25) is 24.1 Å². The number of aromatic nitrogens is 3. The van der Waals surface area contributed by atoms with Crippen molar-refractivity contribution < 1.29 is 9.59 Å². The van der Waals surface area contributed by atoms with E-state index >= 15 is 0 Å². The zero-order valence-corrected chi connectivity index (χ0v) is 21.5. The van der Waals surface area contributed by atoms with Crippen molar-refractivity contribution in [1.82, 2.24) is 24.3 Å². The van der Waals surface area contributed by atoms with E-state index in [9.17, 15) is 14.4 Å². The molecule has 0 bridgehead atoms. The topological polar surface area (TPSA) is 104 Å². The van der Waals surface area contributed by atoms with E-state index in [0.717, 1.165) is 27.8 Å². The number of imidazole rings is 1. The minimum absolute atomic E-state index is 0.00220. The summed E-state index contributed by atoms with van der Waals surface area (Å²) in [5, 5.41) is 0.679. The zero-order valence-electron chi connectivity index (χ0n) is 20.7. The molecule has 0 unspecified atom stereocenters. The molecule has 0 radical (unpaired) electrons. The number of piperidine rings is 1. The Morgan fingerprint density at radius 3 is 2.81 bits per heavy atom. The van der Waals surface area contributed by atoms with Gasteiger partial charge in [0, 0.05) is 67.2 Å². The van der Waals surface area contributed by atoms with E-state index in [4.69, 9.17) is 11.6 Å². The molecule has 37 heavy (non-hydrogen) atoms. The number of amides is 2. The third-order valence-corrected chi connectivity index (χ3v) is 8.39. The number of aromatic amines is 1. The number of fused-ring (bicyclic) bond motifs is 4. The van der Waals surface area contributed by atoms with Crippen molar-refractivity contribution in [3.63, 3.8) is 0 Å². The average Bonchev–Trinajstić information content (AvgIpc) is 3.49. The van der Waals surface area contributed by atoms with Crippen LogP contribution in [0, 0.1) is 5.92 Å². The maximum atomic E-state index is 13.5. The number of likely N-dealkylation sites (tertiary alicyclic amines) is 1. The number of halogens is 1. The number of carbonyl (C=O) groups is 2. The van der Waals surface area contributed by atoms with Gasteiger partial charge in [0.2, 0.25) is 11.8 Å². The van der Waals surface area contributed by atoms with E-state index in [1.807, 2.05) is 41.1 Å². The Morgan fingerprint density at radius 2 is 2.03 bits per heavy atom. The van der Waals surface area contributed by atoms with Crippen molar-refractivity contribution in [3.05, 3.63) is 62.2 Å². The third kappa shape index (κ3) is 4.15. The monoisotopic (exact) mass is 520 g/mol. The first-order chi connectivity index (χ1) is 17.9. The Morgan fingerprint density at radius 1 is 1.22 bits per heavy atom. The highest BCUT2D eigenvalue weighted by Crippen LogP contribution is 2.35. The first-order valence-corrected chi connectivity index (χ1v) is 13.3. The highest BCUT2D eigenvalue weighted by atomic mass is 35.5. The highest BCUT2D eigenvalue weighted by molar-refractivity contribution is 6.32. The Balaban J connectivity index is 1.18. The molecule has 6 rings (SSSR count). The van der Waals surface area contributed by atoms with Gasteiger partial charge < -0.3 is 9.80 Å². The summed E-state index contributed by atoms with van der Waals surface area (Å²) in [6.07, 6.45) is 5.54. The van der Waals surface area contributed by atoms with E-state index in [0.29, 0.717) is 62.7 Å². The van der Waals surface area contributed by atoms with Crippen molar-refractivity contribution in [2.24, 2.45) is 10.9 Å². The quantitative estimate of drug-likeness (QED) is 0.571. The number of nitrogens with zero attached hydrogens (tertiary/aromatic N) is 5. The number of pyridine rings is 1. The first-order valence-electron chi connectivity index (χ1n) is 12.9. The molecule has 3 aliphatic rings. The molecule has 10 heteroatoms. The highest BCUT2D eigenvalue weighted by Gasteiger charge is 2.35. The third-order valence-electron chi connectivity index (χ3n) is 8.05. The molecule has 192 valence electrons. The molecule has 9 nitrogen and oxygen atoms in total. The minimum Gasteiger partial charge on any atom is -0.343 e. The van der Waals surface area contributed by atoms with E-state index in [2.05, 4.69) is 15.0 Å². The fourth-order valence-electron chi connectivity index (χ4n) is 6.07. The minimum atomic E-state index is -0.429. The van der Waals surface area contributed by atoms with Crippen molar-refractivity contribution in [3.8, 4) is 0 Å². The molecule has 5 heterocycles. The number of carbonyl (C=O) groups excluding carboxylic acids is 2. The van der Waals surface area contributed by atoms with Crippen LogP contribution in [0.25, 0.3) is 11.2 Å². The van der Waals surface area contributed by atoms with Crippen LogP contribution in [-0.4, -0.2) is 62.0 Å². The maximum Gasteiger partial charge on any atom is 0.327 e. The Kier molecular flexibility index (Phi) is 6.10. The second-order valence-corrected chi connectivity index (χ2v) is 10.5. The summed E-state index contributed by atoms with van der Waals surface area (Å²) in [5.74, 6) is -0.432. The number of rotatable bonds is 4. The number of nitrogens with one attached hydrogen (secondary N) is 1.